The third kappa shape index (κ3) is 4.98. The molecule has 0 aliphatic heterocycles. The number of likely N-dealkylation sites (N-methyl/N-ethyl adjacent to an activating group) is 1. The summed E-state index contributed by atoms with van der Waals surface area (Å²) >= 11 is 9.03. The predicted octanol–water partition coefficient (Wildman–Crippen LogP) is 4.46. The van der Waals surface area contributed by atoms with Gasteiger partial charge in [0.1, 0.15) is 0 Å². The molecule has 3 rings (SSSR count). The van der Waals surface area contributed by atoms with Crippen LogP contribution in [-0.4, -0.2) is 42.2 Å². The van der Waals surface area contributed by atoms with Crippen molar-refractivity contribution in [1.82, 2.24) is 15.2 Å². The van der Waals surface area contributed by atoms with Gasteiger partial charge in [-0.1, -0.05) is 53.7 Å². The second-order valence-corrected chi connectivity index (χ2v) is 8.76. The van der Waals surface area contributed by atoms with Crippen molar-refractivity contribution in [2.24, 2.45) is 0 Å². The number of nitrogens with one attached hydrogen (secondary N) is 1. The van der Waals surface area contributed by atoms with Crippen LogP contribution in [0.1, 0.15) is 11.6 Å². The Labute approximate surface area is 166 Å². The highest BCUT2D eigenvalue weighted by atomic mass is 35.5. The lowest BCUT2D eigenvalue weighted by molar-refractivity contribution is -0.118. The number of thiazole rings is 1. The third-order valence-corrected chi connectivity index (χ3v) is 6.37. The maximum atomic E-state index is 12.2. The normalized spacial score (nSPS) is 12.5. The van der Waals surface area contributed by atoms with E-state index in [1.54, 1.807) is 11.3 Å². The van der Waals surface area contributed by atoms with E-state index >= 15 is 0 Å². The van der Waals surface area contributed by atoms with Gasteiger partial charge in [-0.05, 0) is 37.9 Å². The van der Waals surface area contributed by atoms with Gasteiger partial charge in [0.2, 0.25) is 5.91 Å². The fourth-order valence-corrected chi connectivity index (χ4v) is 4.65. The summed E-state index contributed by atoms with van der Waals surface area (Å²) in [7, 11) is 4.04. The van der Waals surface area contributed by atoms with Gasteiger partial charge in [-0.2, -0.15) is 0 Å². The van der Waals surface area contributed by atoms with Crippen molar-refractivity contribution in [3.8, 4) is 0 Å². The fraction of sp³-hybridized carbons (Fsp3) is 0.263. The minimum atomic E-state index is 0.00932. The van der Waals surface area contributed by atoms with Gasteiger partial charge in [0, 0.05) is 11.6 Å². The number of nitrogens with zero attached hydrogens (tertiary/aromatic N) is 2. The molecule has 3 aromatic rings. The zero-order valence-electron chi connectivity index (χ0n) is 14.6. The maximum Gasteiger partial charge on any atom is 0.230 e. The molecule has 0 unspecified atom stereocenters. The highest BCUT2D eigenvalue weighted by Crippen LogP contribution is 2.30. The van der Waals surface area contributed by atoms with Crippen molar-refractivity contribution in [2.45, 2.75) is 10.4 Å². The van der Waals surface area contributed by atoms with Crippen molar-refractivity contribution in [3.05, 3.63) is 59.1 Å². The second kappa shape index (κ2) is 8.86. The Morgan fingerprint density at radius 3 is 2.77 bits per heavy atom. The number of thioether (sulfide) groups is 1. The number of rotatable bonds is 7. The van der Waals surface area contributed by atoms with Gasteiger partial charge in [0.15, 0.2) is 4.34 Å². The lowest BCUT2D eigenvalue weighted by Gasteiger charge is -2.25. The van der Waals surface area contributed by atoms with Gasteiger partial charge in [0.25, 0.3) is 0 Å². The van der Waals surface area contributed by atoms with E-state index in [9.17, 15) is 4.79 Å². The van der Waals surface area contributed by atoms with E-state index in [1.165, 1.54) is 17.3 Å². The van der Waals surface area contributed by atoms with Crippen LogP contribution in [0.2, 0.25) is 5.02 Å². The molecule has 1 aromatic heterocycles. The first-order valence-electron chi connectivity index (χ1n) is 8.20. The first-order valence-corrected chi connectivity index (χ1v) is 10.4. The average molecular weight is 406 g/mol. The molecule has 0 aliphatic rings. The number of fused-ring (bicyclic) bond motifs is 1. The highest BCUT2D eigenvalue weighted by molar-refractivity contribution is 8.01. The Morgan fingerprint density at radius 1 is 1.27 bits per heavy atom. The van der Waals surface area contributed by atoms with Gasteiger partial charge in [-0.25, -0.2) is 4.98 Å². The standard InChI is InChI=1S/C19H20ClN3OS2/c1-23(2)16(13-6-4-3-5-7-13)11-21-18(24)12-25-19-22-15-10-14(20)8-9-17(15)26-19/h3-10,16H,11-12H2,1-2H3,(H,21,24)/t16-/m0/s1. The summed E-state index contributed by atoms with van der Waals surface area (Å²) in [5.74, 6) is 0.359. The van der Waals surface area contributed by atoms with Crippen molar-refractivity contribution in [3.63, 3.8) is 0 Å². The van der Waals surface area contributed by atoms with E-state index in [0.717, 1.165) is 14.6 Å². The molecule has 1 heterocycles. The van der Waals surface area contributed by atoms with Crippen molar-refractivity contribution < 1.29 is 4.79 Å². The van der Waals surface area contributed by atoms with Crippen molar-refractivity contribution in [1.29, 1.82) is 0 Å². The molecule has 0 fully saturated rings. The number of carbonyl (C=O) groups excluding carboxylic acids is 1. The molecule has 1 amide bonds. The summed E-state index contributed by atoms with van der Waals surface area (Å²) in [6.07, 6.45) is 0. The van der Waals surface area contributed by atoms with E-state index in [0.29, 0.717) is 17.3 Å². The van der Waals surface area contributed by atoms with Crippen LogP contribution < -0.4 is 5.32 Å². The molecule has 0 saturated carbocycles. The van der Waals surface area contributed by atoms with Crippen LogP contribution in [0.25, 0.3) is 10.2 Å². The van der Waals surface area contributed by atoms with Crippen LogP contribution in [0, 0.1) is 0 Å². The molecule has 4 nitrogen and oxygen atoms in total. The number of amides is 1. The molecule has 7 heteroatoms. The zero-order chi connectivity index (χ0) is 18.5. The Kier molecular flexibility index (Phi) is 6.53. The van der Waals surface area contributed by atoms with E-state index in [1.807, 2.05) is 50.5 Å². The second-order valence-electron chi connectivity index (χ2n) is 6.07. The first-order chi connectivity index (χ1) is 12.5. The monoisotopic (exact) mass is 405 g/mol. The smallest absolute Gasteiger partial charge is 0.230 e. The zero-order valence-corrected chi connectivity index (χ0v) is 17.0. The fourth-order valence-electron chi connectivity index (χ4n) is 2.60. The topological polar surface area (TPSA) is 45.2 Å². The van der Waals surface area contributed by atoms with Gasteiger partial charge in [-0.3, -0.25) is 4.79 Å². The summed E-state index contributed by atoms with van der Waals surface area (Å²) in [4.78, 5) is 18.9. The van der Waals surface area contributed by atoms with Crippen LogP contribution in [-0.2, 0) is 4.79 Å². The molecule has 26 heavy (non-hydrogen) atoms. The highest BCUT2D eigenvalue weighted by Gasteiger charge is 2.15. The van der Waals surface area contributed by atoms with Crippen LogP contribution in [0.15, 0.2) is 52.9 Å². The Morgan fingerprint density at radius 2 is 2.04 bits per heavy atom. The van der Waals surface area contributed by atoms with E-state index in [2.05, 4.69) is 27.3 Å². The number of hydrogen-bond donors (Lipinski definition) is 1. The molecular formula is C19H20ClN3OS2. The van der Waals surface area contributed by atoms with E-state index in [4.69, 9.17) is 11.6 Å². The summed E-state index contributed by atoms with van der Waals surface area (Å²) in [5, 5.41) is 3.70. The molecule has 0 bridgehead atoms. The molecule has 136 valence electrons. The van der Waals surface area contributed by atoms with Gasteiger partial charge >= 0.3 is 0 Å². The summed E-state index contributed by atoms with van der Waals surface area (Å²) in [6, 6.07) is 16.0. The van der Waals surface area contributed by atoms with Crippen LogP contribution in [0.5, 0.6) is 0 Å². The summed E-state index contributed by atoms with van der Waals surface area (Å²) in [6.45, 7) is 0.575. The predicted molar refractivity (Wildman–Crippen MR) is 111 cm³/mol. The number of hydrogen-bond acceptors (Lipinski definition) is 5. The Bertz CT molecular complexity index is 883. The third-order valence-electron chi connectivity index (χ3n) is 3.96. The van der Waals surface area contributed by atoms with Gasteiger partial charge < -0.3 is 10.2 Å². The van der Waals surface area contributed by atoms with Gasteiger partial charge in [-0.15, -0.1) is 11.3 Å². The molecule has 2 aromatic carbocycles. The van der Waals surface area contributed by atoms with Gasteiger partial charge in [0.05, 0.1) is 22.0 Å². The quantitative estimate of drug-likeness (QED) is 0.589. The number of halogens is 1. The minimum absolute atomic E-state index is 0.00932. The lowest BCUT2D eigenvalue weighted by Crippen LogP contribution is -2.35. The van der Waals surface area contributed by atoms with Crippen LogP contribution in [0.4, 0.5) is 0 Å². The van der Waals surface area contributed by atoms with E-state index < -0.39 is 0 Å². The molecule has 1 atom stereocenters. The van der Waals surface area contributed by atoms with Crippen molar-refractivity contribution >= 4 is 50.8 Å². The lowest BCUT2D eigenvalue weighted by atomic mass is 10.1. The molecular weight excluding hydrogens is 386 g/mol. The summed E-state index contributed by atoms with van der Waals surface area (Å²) in [5.41, 5.74) is 2.07. The van der Waals surface area contributed by atoms with Crippen LogP contribution in [0.3, 0.4) is 0 Å². The van der Waals surface area contributed by atoms with Crippen molar-refractivity contribution in [2.75, 3.05) is 26.4 Å². The molecule has 0 saturated heterocycles. The SMILES string of the molecule is CN(C)[C@@H](CNC(=O)CSc1nc2cc(Cl)ccc2s1)c1ccccc1. The Hall–Kier alpha value is -1.60. The number of carbonyl (C=O) groups is 1. The average Bonchev–Trinajstić information content (AvgIpc) is 3.02. The largest absolute Gasteiger partial charge is 0.353 e. The minimum Gasteiger partial charge on any atom is -0.353 e. The van der Waals surface area contributed by atoms with Crippen LogP contribution >= 0.6 is 34.7 Å². The maximum absolute atomic E-state index is 12.2. The molecule has 0 radical (unpaired) electrons. The molecule has 0 aliphatic carbocycles. The summed E-state index contributed by atoms with van der Waals surface area (Å²) < 4.78 is 1.96. The van der Waals surface area contributed by atoms with E-state index in [-0.39, 0.29) is 11.9 Å². The first kappa shape index (κ1) is 19.2. The molecule has 1 N–H and O–H groups in total. The molecule has 0 spiro atoms. The number of aromatic nitrogens is 1. The Balaban J connectivity index is 1.54. The number of benzene rings is 2.